The molecule has 4 aromatic heterocycles. The van der Waals surface area contributed by atoms with Gasteiger partial charge in [-0.3, -0.25) is 0 Å². The van der Waals surface area contributed by atoms with E-state index in [2.05, 4.69) is 58.0 Å². The zero-order valence-electron chi connectivity index (χ0n) is 20.0. The first-order valence-electron chi connectivity index (χ1n) is 11.5. The number of rotatable bonds is 10. The summed E-state index contributed by atoms with van der Waals surface area (Å²) in [6, 6.07) is 10.0. The molecule has 0 radical (unpaired) electrons. The van der Waals surface area contributed by atoms with Crippen molar-refractivity contribution in [3.63, 3.8) is 0 Å². The average Bonchev–Trinajstić information content (AvgIpc) is 3.26. The topological polar surface area (TPSA) is 136 Å². The highest BCUT2D eigenvalue weighted by Crippen LogP contribution is 2.34. The van der Waals surface area contributed by atoms with Gasteiger partial charge in [-0.1, -0.05) is 24.3 Å². The predicted octanol–water partition coefficient (Wildman–Crippen LogP) is 5.37. The quantitative estimate of drug-likeness (QED) is 0.213. The van der Waals surface area contributed by atoms with Crippen LogP contribution in [0.4, 0.5) is 29.1 Å². The Morgan fingerprint density at radius 2 is 1.68 bits per heavy atom. The summed E-state index contributed by atoms with van der Waals surface area (Å²) >= 11 is 1.57. The maximum absolute atomic E-state index is 8.99. The Hall–Kier alpha value is -4.77. The van der Waals surface area contributed by atoms with Gasteiger partial charge in [-0.05, 0) is 37.1 Å². The third kappa shape index (κ3) is 5.90. The van der Waals surface area contributed by atoms with Crippen LogP contribution in [0, 0.1) is 6.92 Å². The molecule has 4 heterocycles. The van der Waals surface area contributed by atoms with Crippen LogP contribution < -0.4 is 16.0 Å². The second kappa shape index (κ2) is 11.3. The lowest BCUT2D eigenvalue weighted by molar-refractivity contribution is 0.984. The smallest absolute Gasteiger partial charge is 0.228 e. The molecule has 0 unspecified atom stereocenters. The van der Waals surface area contributed by atoms with E-state index in [0.29, 0.717) is 17.7 Å². The van der Waals surface area contributed by atoms with Crippen LogP contribution in [0.3, 0.4) is 0 Å². The molecule has 1 aromatic carbocycles. The van der Waals surface area contributed by atoms with Gasteiger partial charge in [0.05, 0.1) is 28.3 Å². The number of hydrogen-bond acceptors (Lipinski definition) is 10. The zero-order valence-corrected chi connectivity index (χ0v) is 20.8. The van der Waals surface area contributed by atoms with E-state index in [1.54, 1.807) is 48.3 Å². The average molecular weight is 508 g/mol. The van der Waals surface area contributed by atoms with Crippen LogP contribution in [-0.4, -0.2) is 42.7 Å². The molecular weight excluding hydrogens is 484 g/mol. The van der Waals surface area contributed by atoms with Gasteiger partial charge in [0.1, 0.15) is 6.33 Å². The predicted molar refractivity (Wildman–Crippen MR) is 150 cm³/mol. The highest BCUT2D eigenvalue weighted by atomic mass is 32.1. The van der Waals surface area contributed by atoms with E-state index < -0.39 is 0 Å². The summed E-state index contributed by atoms with van der Waals surface area (Å²) in [7, 11) is 0. The lowest BCUT2D eigenvalue weighted by atomic mass is 10.1. The molecule has 37 heavy (non-hydrogen) atoms. The Labute approximate surface area is 217 Å². The minimum atomic E-state index is 0.433. The Morgan fingerprint density at radius 1 is 0.892 bits per heavy atom. The molecule has 0 bridgehead atoms. The molecule has 5 aromatic rings. The van der Waals surface area contributed by atoms with Gasteiger partial charge in [-0.15, -0.1) is 11.3 Å². The summed E-state index contributed by atoms with van der Waals surface area (Å²) in [6.07, 6.45) is 13.6. The van der Waals surface area contributed by atoms with E-state index in [1.807, 2.05) is 25.1 Å². The molecule has 184 valence electrons. The van der Waals surface area contributed by atoms with Gasteiger partial charge in [0.2, 0.25) is 11.9 Å². The fourth-order valence-corrected chi connectivity index (χ4v) is 4.70. The van der Waals surface area contributed by atoms with Crippen molar-refractivity contribution in [1.29, 1.82) is 0 Å². The second-order valence-electron chi connectivity index (χ2n) is 7.97. The summed E-state index contributed by atoms with van der Waals surface area (Å²) in [5.74, 6) is 1.70. The molecule has 0 spiro atoms. The van der Waals surface area contributed by atoms with Crippen molar-refractivity contribution < 1.29 is 0 Å². The number of aromatic nitrogens is 6. The lowest BCUT2D eigenvalue weighted by Gasteiger charge is -2.09. The molecule has 10 nitrogen and oxygen atoms in total. The van der Waals surface area contributed by atoms with Crippen molar-refractivity contribution in [3.8, 4) is 0 Å². The molecule has 0 amide bonds. The monoisotopic (exact) mass is 507 g/mol. The molecule has 3 N–H and O–H groups in total. The number of nitrogens with zero attached hydrogens (tertiary/aromatic N) is 7. The van der Waals surface area contributed by atoms with E-state index in [9.17, 15) is 0 Å². The van der Waals surface area contributed by atoms with Crippen molar-refractivity contribution >= 4 is 62.9 Å². The Bertz CT molecular complexity index is 1510. The number of thiophene rings is 1. The van der Waals surface area contributed by atoms with Crippen LogP contribution in [0.2, 0.25) is 0 Å². The minimum Gasteiger partial charge on any atom is -0.811 e. The van der Waals surface area contributed by atoms with Gasteiger partial charge in [0.25, 0.3) is 0 Å². The number of allylic oxidation sites excluding steroid dienone is 1. The SMILES string of the molecule is Cc1sc2c(Nc3ncc(Nc4ccc(CCNc5ncccn5)cc4)cn3)ncnc2c1/C=C\C=[N-]. The lowest BCUT2D eigenvalue weighted by Crippen LogP contribution is -2.07. The second-order valence-corrected chi connectivity index (χ2v) is 9.20. The van der Waals surface area contributed by atoms with Crippen LogP contribution in [0.15, 0.2) is 67.5 Å². The van der Waals surface area contributed by atoms with E-state index in [1.165, 1.54) is 11.9 Å². The summed E-state index contributed by atoms with van der Waals surface area (Å²) in [4.78, 5) is 27.0. The van der Waals surface area contributed by atoms with Gasteiger partial charge in [0.15, 0.2) is 5.82 Å². The van der Waals surface area contributed by atoms with Gasteiger partial charge < -0.3 is 21.4 Å². The molecule has 5 rings (SSSR count). The highest BCUT2D eigenvalue weighted by molar-refractivity contribution is 7.19. The number of anilines is 5. The molecule has 0 atom stereocenters. The van der Waals surface area contributed by atoms with Crippen molar-refractivity contribution in [1.82, 2.24) is 29.9 Å². The van der Waals surface area contributed by atoms with Gasteiger partial charge >= 0.3 is 0 Å². The molecule has 0 aliphatic rings. The number of aryl methyl sites for hydroxylation is 1. The summed E-state index contributed by atoms with van der Waals surface area (Å²) in [5.41, 5.74) is 4.68. The Balaban J connectivity index is 1.20. The maximum Gasteiger partial charge on any atom is 0.228 e. The van der Waals surface area contributed by atoms with Crippen LogP contribution in [0.5, 0.6) is 0 Å². The first-order valence-corrected chi connectivity index (χ1v) is 12.4. The normalized spacial score (nSPS) is 11.1. The third-order valence-corrected chi connectivity index (χ3v) is 6.55. The fourth-order valence-electron chi connectivity index (χ4n) is 3.66. The highest BCUT2D eigenvalue weighted by Gasteiger charge is 2.13. The third-order valence-electron chi connectivity index (χ3n) is 5.43. The Kier molecular flexibility index (Phi) is 7.32. The van der Waals surface area contributed by atoms with Crippen molar-refractivity contribution in [3.05, 3.63) is 88.9 Å². The molecule has 0 saturated heterocycles. The van der Waals surface area contributed by atoms with Gasteiger partial charge in [-0.2, -0.15) is 6.21 Å². The summed E-state index contributed by atoms with van der Waals surface area (Å²) < 4.78 is 0.898. The number of nitrogens with one attached hydrogen (secondary N) is 3. The van der Waals surface area contributed by atoms with E-state index >= 15 is 0 Å². The molecule has 0 aliphatic heterocycles. The van der Waals surface area contributed by atoms with E-state index in [4.69, 9.17) is 5.41 Å². The maximum atomic E-state index is 8.99. The molecule has 11 heteroatoms. The van der Waals surface area contributed by atoms with Crippen molar-refractivity contribution in [2.24, 2.45) is 0 Å². The molecule has 0 fully saturated rings. The van der Waals surface area contributed by atoms with E-state index in [-0.39, 0.29) is 0 Å². The molecule has 0 aliphatic carbocycles. The number of fused-ring (bicyclic) bond motifs is 1. The van der Waals surface area contributed by atoms with Gasteiger partial charge in [0, 0.05) is 35.1 Å². The van der Waals surface area contributed by atoms with E-state index in [0.717, 1.165) is 51.2 Å². The number of benzene rings is 1. The van der Waals surface area contributed by atoms with Crippen LogP contribution in [0.25, 0.3) is 21.7 Å². The first-order chi connectivity index (χ1) is 18.2. The summed E-state index contributed by atoms with van der Waals surface area (Å²) in [6.45, 7) is 2.76. The molecular formula is C26H23N10S-. The minimum absolute atomic E-state index is 0.433. The molecule has 0 saturated carbocycles. The fraction of sp³-hybridized carbons (Fsp3) is 0.115. The van der Waals surface area contributed by atoms with Crippen LogP contribution >= 0.6 is 11.3 Å². The first kappa shape index (κ1) is 23.9. The van der Waals surface area contributed by atoms with Crippen LogP contribution in [-0.2, 0) is 6.42 Å². The van der Waals surface area contributed by atoms with Gasteiger partial charge in [-0.25, -0.2) is 29.9 Å². The van der Waals surface area contributed by atoms with Crippen molar-refractivity contribution in [2.75, 3.05) is 22.5 Å². The summed E-state index contributed by atoms with van der Waals surface area (Å²) in [5, 5.41) is 18.7. The number of hydrogen-bond donors (Lipinski definition) is 3. The Morgan fingerprint density at radius 3 is 2.43 bits per heavy atom. The van der Waals surface area contributed by atoms with Crippen LogP contribution in [0.1, 0.15) is 16.0 Å². The zero-order chi connectivity index (χ0) is 25.5. The largest absolute Gasteiger partial charge is 0.811 e. The standard InChI is InChI=1S/C26H23N10S/c1-17-21(4-2-10-27)22-23(37-17)24(34-16-33-22)36-26-31-14-20(15-32-26)35-19-7-5-18(6-8-19)9-13-30-25-28-11-3-12-29-25/h2-8,10-12,14-16,35H,9,13H2,1H3,(H,28,29,30)(H,31,32,33,34,36)/q-1/b4-2-. The van der Waals surface area contributed by atoms with Crippen molar-refractivity contribution in [2.45, 2.75) is 13.3 Å².